The minimum atomic E-state index is -1.47. The van der Waals surface area contributed by atoms with Gasteiger partial charge in [-0.3, -0.25) is 4.79 Å². The number of nitrogens with one attached hydrogen (secondary N) is 2. The SMILES string of the molecule is CC(CCNC(=O)OCC1c2ccccc2-c2ccccc21)CCC(=O)NCCC(O)C(=O)O. The summed E-state index contributed by atoms with van der Waals surface area (Å²) in [6, 6.07) is 16.4. The molecule has 0 spiro atoms. The zero-order valence-corrected chi connectivity index (χ0v) is 19.3. The van der Waals surface area contributed by atoms with E-state index >= 15 is 0 Å². The highest BCUT2D eigenvalue weighted by Crippen LogP contribution is 2.44. The number of carbonyl (C=O) groups excluding carboxylic acids is 2. The summed E-state index contributed by atoms with van der Waals surface area (Å²) in [5, 5.41) is 23.2. The average molecular weight is 469 g/mol. The molecule has 0 heterocycles. The maximum Gasteiger partial charge on any atom is 0.407 e. The van der Waals surface area contributed by atoms with Gasteiger partial charge in [-0.2, -0.15) is 0 Å². The smallest absolute Gasteiger partial charge is 0.407 e. The van der Waals surface area contributed by atoms with Crippen LogP contribution in [0.3, 0.4) is 0 Å². The molecule has 0 aliphatic heterocycles. The van der Waals surface area contributed by atoms with E-state index in [0.717, 1.165) is 0 Å². The second-order valence-electron chi connectivity index (χ2n) is 8.68. The minimum Gasteiger partial charge on any atom is -0.479 e. The van der Waals surface area contributed by atoms with E-state index in [2.05, 4.69) is 34.9 Å². The maximum atomic E-state index is 12.2. The van der Waals surface area contributed by atoms with Crippen LogP contribution in [0.25, 0.3) is 11.1 Å². The number of hydrogen-bond donors (Lipinski definition) is 4. The van der Waals surface area contributed by atoms with Crippen LogP contribution < -0.4 is 10.6 Å². The number of benzene rings is 2. The first-order chi connectivity index (χ1) is 16.4. The number of carboxylic acid groups (broad SMARTS) is 1. The molecular weight excluding hydrogens is 436 g/mol. The molecule has 0 fully saturated rings. The Morgan fingerprint density at radius 3 is 2.12 bits per heavy atom. The molecule has 2 aromatic carbocycles. The fourth-order valence-corrected chi connectivity index (χ4v) is 4.15. The molecule has 34 heavy (non-hydrogen) atoms. The second-order valence-corrected chi connectivity index (χ2v) is 8.68. The van der Waals surface area contributed by atoms with Gasteiger partial charge in [0.25, 0.3) is 0 Å². The number of rotatable bonds is 12. The van der Waals surface area contributed by atoms with Crippen LogP contribution >= 0.6 is 0 Å². The Balaban J connectivity index is 1.33. The molecule has 1 aliphatic rings. The van der Waals surface area contributed by atoms with Crippen LogP contribution in [0.2, 0.25) is 0 Å². The Kier molecular flexibility index (Phi) is 9.04. The first-order valence-corrected chi connectivity index (χ1v) is 11.6. The van der Waals surface area contributed by atoms with Gasteiger partial charge in [0.15, 0.2) is 6.10 Å². The quantitative estimate of drug-likeness (QED) is 0.379. The van der Waals surface area contributed by atoms with Crippen molar-refractivity contribution in [2.75, 3.05) is 19.7 Å². The van der Waals surface area contributed by atoms with E-state index < -0.39 is 18.2 Å². The van der Waals surface area contributed by atoms with Crippen molar-refractivity contribution in [1.82, 2.24) is 10.6 Å². The number of aliphatic carboxylic acids is 1. The van der Waals surface area contributed by atoms with Gasteiger partial charge in [-0.25, -0.2) is 9.59 Å². The molecule has 2 aromatic rings. The summed E-state index contributed by atoms with van der Waals surface area (Å²) in [7, 11) is 0. The van der Waals surface area contributed by atoms with E-state index in [-0.39, 0.29) is 37.3 Å². The van der Waals surface area contributed by atoms with Gasteiger partial charge in [-0.05, 0) is 41.0 Å². The summed E-state index contributed by atoms with van der Waals surface area (Å²) in [5.41, 5.74) is 4.70. The summed E-state index contributed by atoms with van der Waals surface area (Å²) in [5.74, 6) is -1.25. The summed E-state index contributed by atoms with van der Waals surface area (Å²) in [4.78, 5) is 34.6. The van der Waals surface area contributed by atoms with Gasteiger partial charge in [0.05, 0.1) is 0 Å². The monoisotopic (exact) mass is 468 g/mol. The second kappa shape index (κ2) is 12.2. The number of amides is 2. The summed E-state index contributed by atoms with van der Waals surface area (Å²) in [6.07, 6.45) is -0.308. The lowest BCUT2D eigenvalue weighted by molar-refractivity contribution is -0.147. The van der Waals surface area contributed by atoms with Crippen LogP contribution in [0.5, 0.6) is 0 Å². The molecule has 0 saturated heterocycles. The van der Waals surface area contributed by atoms with Gasteiger partial charge < -0.3 is 25.6 Å². The Morgan fingerprint density at radius 1 is 0.912 bits per heavy atom. The number of aliphatic hydroxyl groups excluding tert-OH is 1. The molecule has 8 nitrogen and oxygen atoms in total. The minimum absolute atomic E-state index is 0.0206. The molecule has 0 bridgehead atoms. The topological polar surface area (TPSA) is 125 Å². The van der Waals surface area contributed by atoms with Crippen LogP contribution in [0.15, 0.2) is 48.5 Å². The van der Waals surface area contributed by atoms with Gasteiger partial charge in [0, 0.05) is 31.8 Å². The van der Waals surface area contributed by atoms with E-state index in [9.17, 15) is 19.5 Å². The lowest BCUT2D eigenvalue weighted by atomic mass is 9.98. The van der Waals surface area contributed by atoms with E-state index in [0.29, 0.717) is 25.8 Å². The van der Waals surface area contributed by atoms with E-state index in [1.165, 1.54) is 22.3 Å². The van der Waals surface area contributed by atoms with E-state index in [1.807, 2.05) is 31.2 Å². The third-order valence-electron chi connectivity index (χ3n) is 6.14. The number of carbonyl (C=O) groups is 3. The lowest BCUT2D eigenvalue weighted by Crippen LogP contribution is -2.30. The molecule has 1 aliphatic carbocycles. The molecule has 182 valence electrons. The summed E-state index contributed by atoms with van der Waals surface area (Å²) in [6.45, 7) is 2.83. The Bertz CT molecular complexity index is 963. The zero-order chi connectivity index (χ0) is 24.5. The molecule has 2 atom stereocenters. The number of fused-ring (bicyclic) bond motifs is 3. The Labute approximate surface area is 199 Å². The lowest BCUT2D eigenvalue weighted by Gasteiger charge is -2.15. The van der Waals surface area contributed by atoms with Crippen LogP contribution in [0.4, 0.5) is 4.79 Å². The van der Waals surface area contributed by atoms with Crippen molar-refractivity contribution in [3.05, 3.63) is 59.7 Å². The summed E-state index contributed by atoms with van der Waals surface area (Å²) >= 11 is 0. The Morgan fingerprint density at radius 2 is 1.50 bits per heavy atom. The number of ether oxygens (including phenoxy) is 1. The fourth-order valence-electron chi connectivity index (χ4n) is 4.15. The number of aliphatic hydroxyl groups is 1. The van der Waals surface area contributed by atoms with Crippen molar-refractivity contribution in [2.24, 2.45) is 5.92 Å². The highest BCUT2D eigenvalue weighted by atomic mass is 16.5. The first-order valence-electron chi connectivity index (χ1n) is 11.6. The van der Waals surface area contributed by atoms with Crippen LogP contribution in [-0.2, 0) is 14.3 Å². The average Bonchev–Trinajstić information content (AvgIpc) is 3.15. The normalized spacial score (nSPS) is 13.9. The van der Waals surface area contributed by atoms with Gasteiger partial charge in [-0.1, -0.05) is 55.5 Å². The van der Waals surface area contributed by atoms with E-state index in [4.69, 9.17) is 9.84 Å². The maximum absolute atomic E-state index is 12.2. The van der Waals surface area contributed by atoms with Crippen molar-refractivity contribution < 1.29 is 29.3 Å². The van der Waals surface area contributed by atoms with Crippen LogP contribution in [-0.4, -0.2) is 54.0 Å². The molecular formula is C26H32N2O6. The van der Waals surface area contributed by atoms with Crippen molar-refractivity contribution >= 4 is 18.0 Å². The number of hydrogen-bond acceptors (Lipinski definition) is 5. The molecule has 8 heteroatoms. The molecule has 0 aromatic heterocycles. The molecule has 2 amide bonds. The van der Waals surface area contributed by atoms with Crippen LogP contribution in [0, 0.1) is 5.92 Å². The van der Waals surface area contributed by atoms with Crippen LogP contribution in [0.1, 0.15) is 49.7 Å². The standard InChI is InChI=1S/C26H32N2O6/c1-17(10-11-24(30)27-15-13-23(29)25(31)32)12-14-28-26(33)34-16-22-20-8-4-2-6-18(20)19-7-3-5-9-21(19)22/h2-9,17,22-23,29H,10-16H2,1H3,(H,27,30)(H,28,33)(H,31,32). The van der Waals surface area contributed by atoms with Gasteiger partial charge in [0.1, 0.15) is 6.61 Å². The molecule has 3 rings (SSSR count). The largest absolute Gasteiger partial charge is 0.479 e. The number of alkyl carbamates (subject to hydrolysis) is 1. The molecule has 4 N–H and O–H groups in total. The Hall–Kier alpha value is -3.39. The third kappa shape index (κ3) is 6.81. The van der Waals surface area contributed by atoms with Gasteiger partial charge >= 0.3 is 12.1 Å². The molecule has 0 saturated carbocycles. The van der Waals surface area contributed by atoms with Crippen molar-refractivity contribution in [3.63, 3.8) is 0 Å². The van der Waals surface area contributed by atoms with Crippen molar-refractivity contribution in [2.45, 2.75) is 44.6 Å². The zero-order valence-electron chi connectivity index (χ0n) is 19.3. The number of carboxylic acids is 1. The van der Waals surface area contributed by atoms with Gasteiger partial charge in [-0.15, -0.1) is 0 Å². The predicted molar refractivity (Wildman–Crippen MR) is 127 cm³/mol. The third-order valence-corrected chi connectivity index (χ3v) is 6.14. The predicted octanol–water partition coefficient (Wildman–Crippen LogP) is 3.28. The fraction of sp³-hybridized carbons (Fsp3) is 0.423. The van der Waals surface area contributed by atoms with Crippen molar-refractivity contribution in [3.8, 4) is 11.1 Å². The highest BCUT2D eigenvalue weighted by Gasteiger charge is 2.28. The van der Waals surface area contributed by atoms with E-state index in [1.54, 1.807) is 0 Å². The summed E-state index contributed by atoms with van der Waals surface area (Å²) < 4.78 is 5.52. The highest BCUT2D eigenvalue weighted by molar-refractivity contribution is 5.79. The molecule has 0 radical (unpaired) electrons. The first kappa shape index (κ1) is 25.2. The van der Waals surface area contributed by atoms with Gasteiger partial charge in [0.2, 0.25) is 5.91 Å². The van der Waals surface area contributed by atoms with Crippen molar-refractivity contribution in [1.29, 1.82) is 0 Å². The molecule has 2 unspecified atom stereocenters.